The Bertz CT molecular complexity index is 348. The van der Waals surface area contributed by atoms with E-state index < -0.39 is 5.54 Å². The molecular weight excluding hydrogens is 252 g/mol. The van der Waals surface area contributed by atoms with Crippen LogP contribution in [0.25, 0.3) is 0 Å². The minimum absolute atomic E-state index is 0.331. The third kappa shape index (κ3) is 4.16. The van der Waals surface area contributed by atoms with Crippen molar-refractivity contribution >= 4 is 0 Å². The summed E-state index contributed by atoms with van der Waals surface area (Å²) in [4.78, 5) is 4.97. The average molecular weight is 280 g/mol. The van der Waals surface area contributed by atoms with Gasteiger partial charge in [-0.25, -0.2) is 0 Å². The molecular formula is C15H28N4O. The molecule has 0 saturated carbocycles. The van der Waals surface area contributed by atoms with Crippen LogP contribution in [0.4, 0.5) is 0 Å². The highest BCUT2D eigenvalue weighted by molar-refractivity contribution is 5.07. The molecule has 2 fully saturated rings. The molecule has 2 aliphatic rings. The molecule has 0 aromatic rings. The maximum atomic E-state index is 9.44. The summed E-state index contributed by atoms with van der Waals surface area (Å²) in [5.41, 5.74) is -0.450. The standard InChI is InChI=1S/C15H28N4O/c1-13(2)17-15(3,11-16)12-18-5-4-14(10-18)19-6-8-20-9-7-19/h13-14,17H,4-10,12H2,1-3H3. The molecule has 2 aliphatic heterocycles. The summed E-state index contributed by atoms with van der Waals surface area (Å²) in [6, 6.07) is 3.42. The van der Waals surface area contributed by atoms with Crippen molar-refractivity contribution in [3.63, 3.8) is 0 Å². The van der Waals surface area contributed by atoms with Gasteiger partial charge in [0.25, 0.3) is 0 Å². The molecule has 5 nitrogen and oxygen atoms in total. The highest BCUT2D eigenvalue weighted by Crippen LogP contribution is 2.19. The summed E-state index contributed by atoms with van der Waals surface area (Å²) >= 11 is 0. The number of nitrogens with one attached hydrogen (secondary N) is 1. The molecule has 2 heterocycles. The van der Waals surface area contributed by atoms with Gasteiger partial charge in [0.1, 0.15) is 5.54 Å². The maximum absolute atomic E-state index is 9.44. The van der Waals surface area contributed by atoms with Crippen molar-refractivity contribution in [1.29, 1.82) is 5.26 Å². The second-order valence-corrected chi connectivity index (χ2v) is 6.57. The van der Waals surface area contributed by atoms with Gasteiger partial charge in [0, 0.05) is 38.3 Å². The lowest BCUT2D eigenvalue weighted by atomic mass is 10.0. The van der Waals surface area contributed by atoms with Crippen LogP contribution in [0.1, 0.15) is 27.2 Å². The number of likely N-dealkylation sites (tertiary alicyclic amines) is 1. The minimum atomic E-state index is -0.450. The molecule has 0 spiro atoms. The number of rotatable bonds is 5. The van der Waals surface area contributed by atoms with Gasteiger partial charge in [0.2, 0.25) is 0 Å². The van der Waals surface area contributed by atoms with Crippen molar-refractivity contribution in [3.05, 3.63) is 0 Å². The molecule has 0 bridgehead atoms. The fourth-order valence-corrected chi connectivity index (χ4v) is 3.39. The number of nitrogens with zero attached hydrogens (tertiary/aromatic N) is 3. The smallest absolute Gasteiger partial charge is 0.116 e. The lowest BCUT2D eigenvalue weighted by Crippen LogP contribution is -2.53. The molecule has 2 unspecified atom stereocenters. The van der Waals surface area contributed by atoms with Crippen LogP contribution in [0.5, 0.6) is 0 Å². The van der Waals surface area contributed by atoms with E-state index in [2.05, 4.69) is 35.0 Å². The lowest BCUT2D eigenvalue weighted by Gasteiger charge is -2.33. The zero-order valence-corrected chi connectivity index (χ0v) is 13.1. The second kappa shape index (κ2) is 6.86. The zero-order chi connectivity index (χ0) is 14.6. The largest absolute Gasteiger partial charge is 0.379 e. The van der Waals surface area contributed by atoms with E-state index in [-0.39, 0.29) is 0 Å². The summed E-state index contributed by atoms with van der Waals surface area (Å²) in [5.74, 6) is 0. The summed E-state index contributed by atoms with van der Waals surface area (Å²) in [6.45, 7) is 13.0. The third-order valence-corrected chi connectivity index (χ3v) is 4.20. The van der Waals surface area contributed by atoms with Crippen LogP contribution >= 0.6 is 0 Å². The van der Waals surface area contributed by atoms with Gasteiger partial charge in [-0.3, -0.25) is 15.1 Å². The van der Waals surface area contributed by atoms with Crippen LogP contribution in [-0.2, 0) is 4.74 Å². The number of ether oxygens (including phenoxy) is 1. The van der Waals surface area contributed by atoms with Gasteiger partial charge in [0.05, 0.1) is 19.3 Å². The molecule has 0 aromatic heterocycles. The van der Waals surface area contributed by atoms with Gasteiger partial charge >= 0.3 is 0 Å². The Morgan fingerprint density at radius 3 is 2.65 bits per heavy atom. The van der Waals surface area contributed by atoms with Crippen molar-refractivity contribution in [2.45, 2.75) is 44.8 Å². The predicted molar refractivity (Wildman–Crippen MR) is 79.5 cm³/mol. The predicted octanol–water partition coefficient (Wildman–Crippen LogP) is 0.673. The van der Waals surface area contributed by atoms with E-state index in [0.717, 1.165) is 45.9 Å². The number of hydrogen-bond acceptors (Lipinski definition) is 5. The van der Waals surface area contributed by atoms with E-state index in [9.17, 15) is 5.26 Å². The zero-order valence-electron chi connectivity index (χ0n) is 13.1. The quantitative estimate of drug-likeness (QED) is 0.802. The number of nitriles is 1. The van der Waals surface area contributed by atoms with Gasteiger partial charge < -0.3 is 4.74 Å². The Kier molecular flexibility index (Phi) is 5.39. The van der Waals surface area contributed by atoms with Crippen molar-refractivity contribution in [1.82, 2.24) is 15.1 Å². The van der Waals surface area contributed by atoms with Crippen molar-refractivity contribution < 1.29 is 4.74 Å². The van der Waals surface area contributed by atoms with Gasteiger partial charge in [-0.1, -0.05) is 0 Å². The second-order valence-electron chi connectivity index (χ2n) is 6.57. The summed E-state index contributed by atoms with van der Waals surface area (Å²) in [7, 11) is 0. The molecule has 1 N–H and O–H groups in total. The van der Waals surface area contributed by atoms with Crippen molar-refractivity contribution in [2.75, 3.05) is 45.9 Å². The Morgan fingerprint density at radius 2 is 2.05 bits per heavy atom. The fourth-order valence-electron chi connectivity index (χ4n) is 3.39. The minimum Gasteiger partial charge on any atom is -0.379 e. The van der Waals surface area contributed by atoms with Gasteiger partial charge in [-0.05, 0) is 33.7 Å². The molecule has 2 saturated heterocycles. The van der Waals surface area contributed by atoms with Gasteiger partial charge in [-0.15, -0.1) is 0 Å². The Morgan fingerprint density at radius 1 is 1.35 bits per heavy atom. The van der Waals surface area contributed by atoms with Crippen LogP contribution in [0, 0.1) is 11.3 Å². The number of morpholine rings is 1. The first-order valence-electron chi connectivity index (χ1n) is 7.75. The average Bonchev–Trinajstić information content (AvgIpc) is 2.87. The first kappa shape index (κ1) is 15.7. The molecule has 0 radical (unpaired) electrons. The van der Waals surface area contributed by atoms with Crippen LogP contribution in [-0.4, -0.2) is 73.4 Å². The normalized spacial score (nSPS) is 28.4. The molecule has 2 atom stereocenters. The van der Waals surface area contributed by atoms with Crippen LogP contribution in [0.15, 0.2) is 0 Å². The highest BCUT2D eigenvalue weighted by atomic mass is 16.5. The number of hydrogen-bond donors (Lipinski definition) is 1. The summed E-state index contributed by atoms with van der Waals surface area (Å²) in [6.07, 6.45) is 1.21. The van der Waals surface area contributed by atoms with E-state index in [0.29, 0.717) is 12.1 Å². The summed E-state index contributed by atoms with van der Waals surface area (Å²) in [5, 5.41) is 12.8. The van der Waals surface area contributed by atoms with E-state index in [1.165, 1.54) is 6.42 Å². The van der Waals surface area contributed by atoms with Crippen LogP contribution < -0.4 is 5.32 Å². The van der Waals surface area contributed by atoms with Gasteiger partial charge in [0.15, 0.2) is 0 Å². The highest BCUT2D eigenvalue weighted by Gasteiger charge is 2.33. The Hall–Kier alpha value is -0.670. The first-order valence-corrected chi connectivity index (χ1v) is 7.75. The molecule has 20 heavy (non-hydrogen) atoms. The fraction of sp³-hybridized carbons (Fsp3) is 0.933. The molecule has 2 rings (SSSR count). The van der Waals surface area contributed by atoms with E-state index in [1.807, 2.05) is 6.92 Å². The third-order valence-electron chi connectivity index (χ3n) is 4.20. The SMILES string of the molecule is CC(C)NC(C)(C#N)CN1CCC(N2CCOCC2)C1. The van der Waals surface area contributed by atoms with E-state index in [1.54, 1.807) is 0 Å². The van der Waals surface area contributed by atoms with Crippen molar-refractivity contribution in [2.24, 2.45) is 0 Å². The molecule has 0 aliphatic carbocycles. The maximum Gasteiger partial charge on any atom is 0.116 e. The summed E-state index contributed by atoms with van der Waals surface area (Å²) < 4.78 is 5.42. The van der Waals surface area contributed by atoms with Crippen LogP contribution in [0.2, 0.25) is 0 Å². The molecule has 0 amide bonds. The first-order chi connectivity index (χ1) is 9.52. The molecule has 5 heteroatoms. The molecule has 0 aromatic carbocycles. The topological polar surface area (TPSA) is 51.5 Å². The van der Waals surface area contributed by atoms with Crippen molar-refractivity contribution in [3.8, 4) is 6.07 Å². The Balaban J connectivity index is 1.84. The van der Waals surface area contributed by atoms with Gasteiger partial charge in [-0.2, -0.15) is 5.26 Å². The molecule has 114 valence electrons. The monoisotopic (exact) mass is 280 g/mol. The van der Waals surface area contributed by atoms with E-state index in [4.69, 9.17) is 4.74 Å². The lowest BCUT2D eigenvalue weighted by molar-refractivity contribution is 0.0182. The Labute approximate surface area is 122 Å². The van der Waals surface area contributed by atoms with E-state index >= 15 is 0 Å². The van der Waals surface area contributed by atoms with Crippen LogP contribution in [0.3, 0.4) is 0 Å².